The van der Waals surface area contributed by atoms with Crippen LogP contribution in [0.3, 0.4) is 0 Å². The maximum Gasteiger partial charge on any atom is 0.225 e. The van der Waals surface area contributed by atoms with E-state index in [4.69, 9.17) is 14.7 Å². The summed E-state index contributed by atoms with van der Waals surface area (Å²) in [5.41, 5.74) is 1.18. The summed E-state index contributed by atoms with van der Waals surface area (Å²) in [6.07, 6.45) is 0. The van der Waals surface area contributed by atoms with E-state index in [1.807, 2.05) is 45.0 Å². The lowest BCUT2D eigenvalue weighted by molar-refractivity contribution is 0.340. The number of ether oxygens (including phenoxy) is 1. The lowest BCUT2D eigenvalue weighted by Crippen LogP contribution is -2.28. The highest BCUT2D eigenvalue weighted by Crippen LogP contribution is 2.18. The van der Waals surface area contributed by atoms with Crippen molar-refractivity contribution in [3.63, 3.8) is 0 Å². The first-order valence-electron chi connectivity index (χ1n) is 7.82. The van der Waals surface area contributed by atoms with Crippen molar-refractivity contribution in [2.75, 3.05) is 11.9 Å². The molecule has 2 aromatic heterocycles. The van der Waals surface area contributed by atoms with Crippen LogP contribution >= 0.6 is 11.5 Å². The van der Waals surface area contributed by atoms with Crippen molar-refractivity contribution < 1.29 is 9.26 Å². The number of hydrogen-bond acceptors (Lipinski definition) is 6. The van der Waals surface area contributed by atoms with Crippen LogP contribution < -0.4 is 15.5 Å². The Hall–Kier alpha value is -2.87. The van der Waals surface area contributed by atoms with Gasteiger partial charge in [-0.25, -0.2) is 3.96 Å². The van der Waals surface area contributed by atoms with Crippen LogP contribution in [0.15, 0.2) is 45.9 Å². The molecule has 7 nitrogen and oxygen atoms in total. The van der Waals surface area contributed by atoms with Gasteiger partial charge in [-0.3, -0.25) is 5.41 Å². The normalized spacial score (nSPS) is 11.6. The van der Waals surface area contributed by atoms with Gasteiger partial charge < -0.3 is 14.6 Å². The molecule has 3 aromatic rings. The van der Waals surface area contributed by atoms with Crippen molar-refractivity contribution in [2.24, 2.45) is 4.99 Å². The first-order valence-corrected chi connectivity index (χ1v) is 8.59. The molecule has 0 atom stereocenters. The average Bonchev–Trinajstić information content (AvgIpc) is 3.13. The number of aromatic nitrogens is 2. The van der Waals surface area contributed by atoms with Crippen LogP contribution in [0.2, 0.25) is 0 Å². The van der Waals surface area contributed by atoms with Crippen molar-refractivity contribution in [2.45, 2.75) is 20.8 Å². The molecule has 1 aromatic carbocycles. The minimum atomic E-state index is 0.347. The van der Waals surface area contributed by atoms with Crippen LogP contribution in [0.5, 0.6) is 5.75 Å². The SMILES string of the molecule is CCOc1ccc(NC(=Nc2cc(C)on2)n2sc(C)cc2=N)cc1. The summed E-state index contributed by atoms with van der Waals surface area (Å²) in [6, 6.07) is 11.1. The van der Waals surface area contributed by atoms with E-state index in [0.29, 0.717) is 29.6 Å². The van der Waals surface area contributed by atoms with Gasteiger partial charge in [0.2, 0.25) is 5.96 Å². The monoisotopic (exact) mass is 357 g/mol. The van der Waals surface area contributed by atoms with E-state index in [1.54, 1.807) is 16.1 Å². The molecule has 0 aliphatic heterocycles. The Morgan fingerprint density at radius 1 is 1.32 bits per heavy atom. The molecule has 0 unspecified atom stereocenters. The van der Waals surface area contributed by atoms with Gasteiger partial charge in [0.25, 0.3) is 0 Å². The number of anilines is 1. The Morgan fingerprint density at radius 2 is 2.08 bits per heavy atom. The molecular weight excluding hydrogens is 338 g/mol. The van der Waals surface area contributed by atoms with E-state index in [2.05, 4.69) is 15.5 Å². The molecule has 0 fully saturated rings. The molecule has 0 radical (unpaired) electrons. The van der Waals surface area contributed by atoms with E-state index in [9.17, 15) is 0 Å². The molecule has 0 amide bonds. The quantitative estimate of drug-likeness (QED) is 0.551. The van der Waals surface area contributed by atoms with Crippen molar-refractivity contribution >= 4 is 29.0 Å². The van der Waals surface area contributed by atoms with Gasteiger partial charge in [-0.15, -0.1) is 0 Å². The number of hydrogen-bond donors (Lipinski definition) is 2. The summed E-state index contributed by atoms with van der Waals surface area (Å²) in [5, 5.41) is 15.3. The standard InChI is InChI=1S/C17H19N5O2S/c1-4-23-14-7-5-13(6-8-14)19-17(20-16-9-11(2)24-21-16)22-15(18)10-12(3)25-22/h5-10,18H,4H2,1-3H3,(H,19,20,21). The summed E-state index contributed by atoms with van der Waals surface area (Å²) in [5.74, 6) is 2.42. The smallest absolute Gasteiger partial charge is 0.225 e. The minimum Gasteiger partial charge on any atom is -0.494 e. The number of nitrogens with zero attached hydrogens (tertiary/aromatic N) is 3. The first-order chi connectivity index (χ1) is 12.0. The third-order valence-electron chi connectivity index (χ3n) is 3.24. The zero-order chi connectivity index (χ0) is 17.8. The maximum absolute atomic E-state index is 8.14. The van der Waals surface area contributed by atoms with Gasteiger partial charge in [0.1, 0.15) is 17.0 Å². The van der Waals surface area contributed by atoms with E-state index in [-0.39, 0.29) is 0 Å². The zero-order valence-electron chi connectivity index (χ0n) is 14.2. The minimum absolute atomic E-state index is 0.347. The summed E-state index contributed by atoms with van der Waals surface area (Å²) in [7, 11) is 0. The van der Waals surface area contributed by atoms with E-state index in [1.165, 1.54) is 11.5 Å². The molecule has 0 aliphatic rings. The molecular formula is C17H19N5O2S. The fourth-order valence-corrected chi connectivity index (χ4v) is 2.97. The van der Waals surface area contributed by atoms with Gasteiger partial charge in [-0.05, 0) is 51.1 Å². The van der Waals surface area contributed by atoms with Gasteiger partial charge in [-0.2, -0.15) is 4.99 Å². The summed E-state index contributed by atoms with van der Waals surface area (Å²) < 4.78 is 12.2. The van der Waals surface area contributed by atoms with E-state index in [0.717, 1.165) is 16.3 Å². The molecule has 2 N–H and O–H groups in total. The van der Waals surface area contributed by atoms with Crippen LogP contribution in [0.25, 0.3) is 0 Å². The van der Waals surface area contributed by atoms with E-state index >= 15 is 0 Å². The highest BCUT2D eigenvalue weighted by Gasteiger charge is 2.10. The number of benzene rings is 1. The Morgan fingerprint density at radius 3 is 2.64 bits per heavy atom. The summed E-state index contributed by atoms with van der Waals surface area (Å²) in [6.45, 7) is 6.33. The van der Waals surface area contributed by atoms with Crippen molar-refractivity contribution in [1.82, 2.24) is 9.11 Å². The molecule has 0 aliphatic carbocycles. The van der Waals surface area contributed by atoms with Gasteiger partial charge in [0.15, 0.2) is 5.82 Å². The van der Waals surface area contributed by atoms with Crippen molar-refractivity contribution in [3.05, 3.63) is 52.5 Å². The van der Waals surface area contributed by atoms with Crippen LogP contribution in [0, 0.1) is 19.3 Å². The van der Waals surface area contributed by atoms with Crippen LogP contribution in [-0.2, 0) is 0 Å². The third-order valence-corrected chi connectivity index (χ3v) is 4.20. The summed E-state index contributed by atoms with van der Waals surface area (Å²) >= 11 is 1.43. The third kappa shape index (κ3) is 4.16. The number of rotatable bonds is 4. The Balaban J connectivity index is 1.95. The highest BCUT2D eigenvalue weighted by atomic mass is 32.1. The molecule has 3 rings (SSSR count). The second kappa shape index (κ2) is 7.35. The Kier molecular flexibility index (Phi) is 4.99. The van der Waals surface area contributed by atoms with Crippen LogP contribution in [-0.4, -0.2) is 21.7 Å². The number of aryl methyl sites for hydroxylation is 2. The predicted molar refractivity (Wildman–Crippen MR) is 97.9 cm³/mol. The van der Waals surface area contributed by atoms with Gasteiger partial charge in [0.05, 0.1) is 6.61 Å². The fraction of sp³-hybridized carbons (Fsp3) is 0.235. The van der Waals surface area contributed by atoms with Crippen LogP contribution in [0.1, 0.15) is 17.6 Å². The molecule has 2 heterocycles. The second-order valence-electron chi connectivity index (χ2n) is 5.34. The van der Waals surface area contributed by atoms with Gasteiger partial charge in [-0.1, -0.05) is 16.7 Å². The van der Waals surface area contributed by atoms with Crippen LogP contribution in [0.4, 0.5) is 11.5 Å². The average molecular weight is 357 g/mol. The first kappa shape index (κ1) is 17.0. The number of aliphatic imine (C=N–C) groups is 1. The second-order valence-corrected chi connectivity index (χ2v) is 6.53. The maximum atomic E-state index is 8.14. The lowest BCUT2D eigenvalue weighted by atomic mass is 10.3. The molecule has 25 heavy (non-hydrogen) atoms. The fourth-order valence-electron chi connectivity index (χ4n) is 2.20. The Labute approximate surface area is 149 Å². The van der Waals surface area contributed by atoms with E-state index < -0.39 is 0 Å². The number of nitrogens with one attached hydrogen (secondary N) is 2. The van der Waals surface area contributed by atoms with Crippen molar-refractivity contribution in [1.29, 1.82) is 5.41 Å². The predicted octanol–water partition coefficient (Wildman–Crippen LogP) is 3.68. The molecule has 130 valence electrons. The topological polar surface area (TPSA) is 88.4 Å². The Bertz CT molecular complexity index is 937. The lowest BCUT2D eigenvalue weighted by Gasteiger charge is -2.10. The highest BCUT2D eigenvalue weighted by molar-refractivity contribution is 7.07. The molecule has 0 bridgehead atoms. The van der Waals surface area contributed by atoms with Crippen molar-refractivity contribution in [3.8, 4) is 5.75 Å². The summed E-state index contributed by atoms with van der Waals surface area (Å²) in [4.78, 5) is 5.52. The van der Waals surface area contributed by atoms with Gasteiger partial charge in [0, 0.05) is 16.6 Å². The molecule has 0 spiro atoms. The largest absolute Gasteiger partial charge is 0.494 e. The zero-order valence-corrected chi connectivity index (χ0v) is 15.1. The molecule has 8 heteroatoms. The van der Waals surface area contributed by atoms with Gasteiger partial charge >= 0.3 is 0 Å². The molecule has 0 saturated carbocycles. The molecule has 0 saturated heterocycles.